The molecule has 4 rings (SSSR count). The lowest BCUT2D eigenvalue weighted by atomic mass is 9.91. The molecule has 0 fully saturated rings. The topological polar surface area (TPSA) is 71.0 Å². The first-order valence-electron chi connectivity index (χ1n) is 11.4. The number of hydrogen-bond donors (Lipinski definition) is 1. The zero-order valence-electron chi connectivity index (χ0n) is 19.9. The molecule has 0 saturated carbocycles. The molecule has 2 aromatic rings. The van der Waals surface area contributed by atoms with Crippen molar-refractivity contribution in [1.82, 2.24) is 10.2 Å². The Labute approximate surface area is 204 Å². The van der Waals surface area contributed by atoms with Crippen LogP contribution in [0.1, 0.15) is 49.9 Å². The first-order valence-corrected chi connectivity index (χ1v) is 12.3. The van der Waals surface area contributed by atoms with Gasteiger partial charge in [-0.2, -0.15) is 0 Å². The number of carbonyl (C=O) groups excluding carboxylic acids is 2. The van der Waals surface area contributed by atoms with Gasteiger partial charge >= 0.3 is 5.97 Å². The van der Waals surface area contributed by atoms with Crippen molar-refractivity contribution in [3.8, 4) is 0 Å². The highest BCUT2D eigenvalue weighted by molar-refractivity contribution is 8.16. The summed E-state index contributed by atoms with van der Waals surface area (Å²) in [6.07, 6.45) is 0.198. The summed E-state index contributed by atoms with van der Waals surface area (Å²) in [5.74, 6) is -0.473. The van der Waals surface area contributed by atoms with Crippen LogP contribution in [0.5, 0.6) is 0 Å². The van der Waals surface area contributed by atoms with Gasteiger partial charge in [-0.3, -0.25) is 4.79 Å². The zero-order chi connectivity index (χ0) is 24.2. The Morgan fingerprint density at radius 1 is 1.12 bits per heavy atom. The molecule has 176 valence electrons. The van der Waals surface area contributed by atoms with Crippen LogP contribution in [0.15, 0.2) is 76.3 Å². The lowest BCUT2D eigenvalue weighted by Crippen LogP contribution is -2.38. The van der Waals surface area contributed by atoms with Crippen LogP contribution in [-0.4, -0.2) is 34.6 Å². The number of amides is 1. The SMILES string of the molecule is CCOC(=O)C1=C(c2ccccc2)N=C2SC=C(CC(=O)NC(C)C)N2C1c1ccc(C)cc1. The number of hydrogen-bond acceptors (Lipinski definition) is 6. The second-order valence-electron chi connectivity index (χ2n) is 8.55. The second kappa shape index (κ2) is 10.3. The second-order valence-corrected chi connectivity index (χ2v) is 9.39. The van der Waals surface area contributed by atoms with Gasteiger partial charge in [0.2, 0.25) is 5.91 Å². The molecule has 0 spiro atoms. The molecular weight excluding hydrogens is 446 g/mol. The number of fused-ring (bicyclic) bond motifs is 1. The fraction of sp³-hybridized carbons (Fsp3) is 0.296. The summed E-state index contributed by atoms with van der Waals surface area (Å²) in [5, 5.41) is 5.65. The molecule has 2 aliphatic heterocycles. The molecule has 7 heteroatoms. The van der Waals surface area contributed by atoms with Crippen LogP contribution in [-0.2, 0) is 14.3 Å². The van der Waals surface area contributed by atoms with Gasteiger partial charge in [-0.15, -0.1) is 0 Å². The number of thioether (sulfide) groups is 1. The average Bonchev–Trinajstić information content (AvgIpc) is 3.21. The summed E-state index contributed by atoms with van der Waals surface area (Å²) < 4.78 is 5.53. The Bertz CT molecular complexity index is 1170. The van der Waals surface area contributed by atoms with Crippen LogP contribution in [0.3, 0.4) is 0 Å². The highest BCUT2D eigenvalue weighted by Crippen LogP contribution is 2.47. The summed E-state index contributed by atoms with van der Waals surface area (Å²) in [4.78, 5) is 33.0. The van der Waals surface area contributed by atoms with Crippen LogP contribution >= 0.6 is 11.8 Å². The maximum Gasteiger partial charge on any atom is 0.338 e. The zero-order valence-corrected chi connectivity index (χ0v) is 20.7. The molecule has 1 amide bonds. The van der Waals surface area contributed by atoms with Crippen molar-refractivity contribution in [2.45, 2.75) is 46.2 Å². The first kappa shape index (κ1) is 23.8. The summed E-state index contributed by atoms with van der Waals surface area (Å²) in [6.45, 7) is 7.96. The van der Waals surface area contributed by atoms with Crippen molar-refractivity contribution >= 4 is 34.5 Å². The molecule has 6 nitrogen and oxygen atoms in total. The van der Waals surface area contributed by atoms with E-state index in [4.69, 9.17) is 9.73 Å². The van der Waals surface area contributed by atoms with Gasteiger partial charge < -0.3 is 15.0 Å². The molecule has 1 unspecified atom stereocenters. The summed E-state index contributed by atoms with van der Waals surface area (Å²) in [5.41, 5.74) is 4.79. The average molecular weight is 476 g/mol. The standard InChI is InChI=1S/C27H29N3O3S/c1-5-33-26(32)23-24(19-9-7-6-8-10-19)29-27-30(25(23)20-13-11-18(4)12-14-20)21(16-34-27)15-22(31)28-17(2)3/h6-14,16-17,25H,5,15H2,1-4H3,(H,28,31). The minimum atomic E-state index is -0.463. The number of benzene rings is 2. The van der Waals surface area contributed by atoms with Gasteiger partial charge in [0, 0.05) is 17.3 Å². The van der Waals surface area contributed by atoms with Crippen molar-refractivity contribution in [2.75, 3.05) is 6.61 Å². The van der Waals surface area contributed by atoms with Crippen molar-refractivity contribution in [2.24, 2.45) is 4.99 Å². The molecule has 34 heavy (non-hydrogen) atoms. The summed E-state index contributed by atoms with van der Waals surface area (Å²) in [6, 6.07) is 17.4. The molecule has 0 aliphatic carbocycles. The van der Waals surface area contributed by atoms with E-state index in [1.54, 1.807) is 6.92 Å². The Hall–Kier alpha value is -3.32. The van der Waals surface area contributed by atoms with Gasteiger partial charge in [-0.05, 0) is 38.7 Å². The van der Waals surface area contributed by atoms with E-state index in [2.05, 4.69) is 5.32 Å². The third-order valence-corrected chi connectivity index (χ3v) is 6.43. The molecule has 1 atom stereocenters. The van der Waals surface area contributed by atoms with E-state index < -0.39 is 12.0 Å². The fourth-order valence-corrected chi connectivity index (χ4v) is 5.01. The lowest BCUT2D eigenvalue weighted by Gasteiger charge is -2.37. The molecule has 2 heterocycles. The van der Waals surface area contributed by atoms with Gasteiger partial charge in [-0.1, -0.05) is 71.9 Å². The van der Waals surface area contributed by atoms with Crippen LogP contribution in [0, 0.1) is 6.92 Å². The number of amidine groups is 1. The highest BCUT2D eigenvalue weighted by Gasteiger charge is 2.42. The minimum absolute atomic E-state index is 0.0456. The Morgan fingerprint density at radius 3 is 2.47 bits per heavy atom. The number of ether oxygens (including phenoxy) is 1. The smallest absolute Gasteiger partial charge is 0.338 e. The van der Waals surface area contributed by atoms with Crippen molar-refractivity contribution in [1.29, 1.82) is 0 Å². The maximum atomic E-state index is 13.4. The molecule has 0 bridgehead atoms. The summed E-state index contributed by atoms with van der Waals surface area (Å²) >= 11 is 1.47. The Balaban J connectivity index is 1.86. The van der Waals surface area contributed by atoms with E-state index in [0.29, 0.717) is 11.3 Å². The summed E-state index contributed by atoms with van der Waals surface area (Å²) in [7, 11) is 0. The molecular formula is C27H29N3O3S. The van der Waals surface area contributed by atoms with Gasteiger partial charge in [0.05, 0.1) is 30.3 Å². The third kappa shape index (κ3) is 4.94. The van der Waals surface area contributed by atoms with Gasteiger partial charge in [0.15, 0.2) is 5.17 Å². The number of rotatable bonds is 7. The number of carbonyl (C=O) groups is 2. The van der Waals surface area contributed by atoms with E-state index >= 15 is 0 Å². The molecule has 0 radical (unpaired) electrons. The van der Waals surface area contributed by atoms with Gasteiger partial charge in [0.25, 0.3) is 0 Å². The number of aryl methyl sites for hydroxylation is 1. The largest absolute Gasteiger partial charge is 0.463 e. The molecule has 1 N–H and O–H groups in total. The maximum absolute atomic E-state index is 13.4. The molecule has 2 aromatic carbocycles. The number of aliphatic imine (C=N–C) groups is 1. The monoisotopic (exact) mass is 475 g/mol. The predicted molar refractivity (Wildman–Crippen MR) is 137 cm³/mol. The predicted octanol–water partition coefficient (Wildman–Crippen LogP) is 5.19. The van der Waals surface area contributed by atoms with Crippen molar-refractivity contribution in [3.63, 3.8) is 0 Å². The van der Waals surface area contributed by atoms with E-state index in [1.807, 2.05) is 85.7 Å². The number of nitrogens with zero attached hydrogens (tertiary/aromatic N) is 2. The van der Waals surface area contributed by atoms with E-state index in [1.165, 1.54) is 11.8 Å². The van der Waals surface area contributed by atoms with Crippen LogP contribution in [0.4, 0.5) is 0 Å². The fourth-order valence-electron chi connectivity index (χ4n) is 4.09. The van der Waals surface area contributed by atoms with E-state index in [-0.39, 0.29) is 25.0 Å². The number of nitrogens with one attached hydrogen (secondary N) is 1. The van der Waals surface area contributed by atoms with E-state index in [9.17, 15) is 9.59 Å². The molecule has 2 aliphatic rings. The minimum Gasteiger partial charge on any atom is -0.463 e. The van der Waals surface area contributed by atoms with Gasteiger partial charge in [-0.25, -0.2) is 9.79 Å². The molecule has 0 saturated heterocycles. The van der Waals surface area contributed by atoms with E-state index in [0.717, 1.165) is 27.6 Å². The molecule has 0 aromatic heterocycles. The third-order valence-electron chi connectivity index (χ3n) is 5.54. The van der Waals surface area contributed by atoms with Crippen molar-refractivity contribution in [3.05, 3.63) is 88.0 Å². The quantitative estimate of drug-likeness (QED) is 0.559. The normalized spacial score (nSPS) is 17.3. The lowest BCUT2D eigenvalue weighted by molar-refractivity contribution is -0.139. The first-order chi connectivity index (χ1) is 16.4. The van der Waals surface area contributed by atoms with Crippen molar-refractivity contribution < 1.29 is 14.3 Å². The Morgan fingerprint density at radius 2 is 1.82 bits per heavy atom. The Kier molecular flexibility index (Phi) is 7.22. The van der Waals surface area contributed by atoms with Crippen LogP contribution in [0.2, 0.25) is 0 Å². The van der Waals surface area contributed by atoms with Crippen LogP contribution < -0.4 is 5.32 Å². The van der Waals surface area contributed by atoms with Crippen LogP contribution in [0.25, 0.3) is 5.70 Å². The van der Waals surface area contributed by atoms with Gasteiger partial charge in [0.1, 0.15) is 0 Å². The number of esters is 1. The highest BCUT2D eigenvalue weighted by atomic mass is 32.2.